The highest BCUT2D eigenvalue weighted by atomic mass is 35.5. The molecule has 0 aliphatic heterocycles. The topological polar surface area (TPSA) is 66.4 Å². The molecule has 4 nitrogen and oxygen atoms in total. The van der Waals surface area contributed by atoms with Gasteiger partial charge in [0.25, 0.3) is 10.1 Å². The third-order valence-corrected chi connectivity index (χ3v) is 4.63. The molecule has 1 rings (SSSR count). The van der Waals surface area contributed by atoms with Crippen LogP contribution in [-0.4, -0.2) is 37.6 Å². The van der Waals surface area contributed by atoms with Gasteiger partial charge in [0.15, 0.2) is 0 Å². The second-order valence-electron chi connectivity index (χ2n) is 4.14. The first-order valence-corrected chi connectivity index (χ1v) is 9.21. The van der Waals surface area contributed by atoms with Crippen molar-refractivity contribution in [3.63, 3.8) is 0 Å². The van der Waals surface area contributed by atoms with Gasteiger partial charge in [-0.3, -0.25) is 4.55 Å². The minimum atomic E-state index is -3.87. The zero-order valence-electron chi connectivity index (χ0n) is 10.8. The van der Waals surface area contributed by atoms with Gasteiger partial charge in [0, 0.05) is 28.6 Å². The van der Waals surface area contributed by atoms with Crippen LogP contribution in [-0.2, 0) is 15.9 Å². The van der Waals surface area contributed by atoms with Crippen LogP contribution in [0.2, 0.25) is 5.02 Å². The molecule has 8 heteroatoms. The molecule has 20 heavy (non-hydrogen) atoms. The van der Waals surface area contributed by atoms with Crippen molar-refractivity contribution < 1.29 is 17.4 Å². The molecule has 0 amide bonds. The van der Waals surface area contributed by atoms with Crippen LogP contribution < -0.4 is 5.32 Å². The zero-order chi connectivity index (χ0) is 15.0. The summed E-state index contributed by atoms with van der Waals surface area (Å²) < 4.78 is 42.9. The summed E-state index contributed by atoms with van der Waals surface area (Å²) in [7, 11) is -3.87. The van der Waals surface area contributed by atoms with E-state index >= 15 is 0 Å². The largest absolute Gasteiger partial charge is 0.316 e. The van der Waals surface area contributed by atoms with Gasteiger partial charge in [-0.1, -0.05) is 17.7 Å². The Morgan fingerprint density at radius 1 is 1.35 bits per heavy atom. The van der Waals surface area contributed by atoms with Crippen LogP contribution in [0.25, 0.3) is 0 Å². The van der Waals surface area contributed by atoms with Crippen molar-refractivity contribution in [3.8, 4) is 0 Å². The summed E-state index contributed by atoms with van der Waals surface area (Å²) in [5, 5.41) is 3.48. The summed E-state index contributed by atoms with van der Waals surface area (Å²) in [6.07, 6.45) is 0.364. The normalized spacial score (nSPS) is 11.8. The fourth-order valence-corrected chi connectivity index (χ4v) is 3.24. The lowest BCUT2D eigenvalue weighted by Crippen LogP contribution is -2.20. The van der Waals surface area contributed by atoms with Crippen LogP contribution in [0.3, 0.4) is 0 Å². The molecule has 0 atom stereocenters. The predicted molar refractivity (Wildman–Crippen MR) is 81.5 cm³/mol. The van der Waals surface area contributed by atoms with Crippen molar-refractivity contribution in [2.24, 2.45) is 0 Å². The molecule has 0 spiro atoms. The Hall–Kier alpha value is -0.340. The number of hydrogen-bond acceptors (Lipinski definition) is 4. The number of nitrogens with one attached hydrogen (secondary N) is 1. The van der Waals surface area contributed by atoms with Crippen LogP contribution >= 0.6 is 23.4 Å². The maximum Gasteiger partial charge on any atom is 0.264 e. The van der Waals surface area contributed by atoms with Crippen molar-refractivity contribution in [3.05, 3.63) is 34.6 Å². The third-order valence-electron chi connectivity index (χ3n) is 2.49. The monoisotopic (exact) mass is 341 g/mol. The average molecular weight is 342 g/mol. The molecular weight excluding hydrogens is 325 g/mol. The van der Waals surface area contributed by atoms with Crippen molar-refractivity contribution in [2.75, 3.05) is 24.6 Å². The van der Waals surface area contributed by atoms with E-state index in [0.717, 1.165) is 5.75 Å². The van der Waals surface area contributed by atoms with Gasteiger partial charge in [0.2, 0.25) is 0 Å². The van der Waals surface area contributed by atoms with E-state index in [1.807, 2.05) is 0 Å². The number of benzene rings is 1. The van der Waals surface area contributed by atoms with Crippen molar-refractivity contribution in [1.82, 2.24) is 5.32 Å². The van der Waals surface area contributed by atoms with Crippen molar-refractivity contribution >= 4 is 33.5 Å². The zero-order valence-corrected chi connectivity index (χ0v) is 13.2. The molecule has 0 aliphatic rings. The molecule has 1 aromatic carbocycles. The lowest BCUT2D eigenvalue weighted by Gasteiger charge is -2.06. The van der Waals surface area contributed by atoms with E-state index in [4.69, 9.17) is 16.2 Å². The molecule has 0 unspecified atom stereocenters. The van der Waals surface area contributed by atoms with Crippen molar-refractivity contribution in [1.29, 1.82) is 0 Å². The summed E-state index contributed by atoms with van der Waals surface area (Å²) in [5.74, 6) is 0.721. The average Bonchev–Trinajstić information content (AvgIpc) is 2.34. The molecule has 114 valence electrons. The van der Waals surface area contributed by atoms with Crippen LogP contribution in [0.15, 0.2) is 18.2 Å². The Labute approximate surface area is 127 Å². The molecule has 0 aromatic heterocycles. The van der Waals surface area contributed by atoms with Gasteiger partial charge in [-0.05, 0) is 25.1 Å². The number of thioether (sulfide) groups is 1. The van der Waals surface area contributed by atoms with E-state index in [-0.39, 0.29) is 11.6 Å². The van der Waals surface area contributed by atoms with Gasteiger partial charge in [0.05, 0.1) is 5.75 Å². The molecule has 2 N–H and O–H groups in total. The van der Waals surface area contributed by atoms with Gasteiger partial charge < -0.3 is 5.32 Å². The van der Waals surface area contributed by atoms with E-state index in [9.17, 15) is 12.8 Å². The Morgan fingerprint density at radius 2 is 2.10 bits per heavy atom. The third kappa shape index (κ3) is 7.44. The highest BCUT2D eigenvalue weighted by Gasteiger charge is 2.06. The van der Waals surface area contributed by atoms with E-state index in [2.05, 4.69) is 5.32 Å². The summed E-state index contributed by atoms with van der Waals surface area (Å²) in [6.45, 7) is 1.20. The second-order valence-corrected chi connectivity index (χ2v) is 7.23. The Morgan fingerprint density at radius 3 is 2.75 bits per heavy atom. The van der Waals surface area contributed by atoms with Gasteiger partial charge in [0.1, 0.15) is 5.82 Å². The lowest BCUT2D eigenvalue weighted by molar-refractivity contribution is 0.480. The lowest BCUT2D eigenvalue weighted by atomic mass is 10.2. The molecule has 0 saturated heterocycles. The Balaban J connectivity index is 2.11. The minimum Gasteiger partial charge on any atom is -0.316 e. The highest BCUT2D eigenvalue weighted by molar-refractivity contribution is 7.98. The fourth-order valence-electron chi connectivity index (χ4n) is 1.49. The smallest absolute Gasteiger partial charge is 0.264 e. The summed E-state index contributed by atoms with van der Waals surface area (Å²) >= 11 is 7.45. The number of hydrogen-bond donors (Lipinski definition) is 2. The van der Waals surface area contributed by atoms with Crippen LogP contribution in [0, 0.1) is 5.82 Å². The van der Waals surface area contributed by atoms with Crippen LogP contribution in [0.1, 0.15) is 12.0 Å². The van der Waals surface area contributed by atoms with Gasteiger partial charge in [-0.15, -0.1) is 0 Å². The first kappa shape index (κ1) is 17.7. The first-order valence-electron chi connectivity index (χ1n) is 6.06. The molecule has 0 fully saturated rings. The van der Waals surface area contributed by atoms with Crippen LogP contribution in [0.4, 0.5) is 4.39 Å². The molecule has 0 bridgehead atoms. The van der Waals surface area contributed by atoms with E-state index in [1.165, 1.54) is 6.07 Å². The Bertz CT molecular complexity index is 505. The maximum atomic E-state index is 13.4. The molecule has 0 aliphatic carbocycles. The van der Waals surface area contributed by atoms with E-state index < -0.39 is 10.1 Å². The molecule has 0 radical (unpaired) electrons. The summed E-state index contributed by atoms with van der Waals surface area (Å²) in [5.41, 5.74) is 0.505. The number of halogens is 2. The van der Waals surface area contributed by atoms with Gasteiger partial charge in [-0.2, -0.15) is 20.2 Å². The standard InChI is InChI=1S/C12H17ClFNO3S2/c13-11-3-1-4-12(14)10(11)9-19-7-6-15-5-2-8-20(16,17)18/h1,3-4,15H,2,5-9H2,(H,16,17,18). The molecular formula is C12H17ClFNO3S2. The van der Waals surface area contributed by atoms with Crippen molar-refractivity contribution in [2.45, 2.75) is 12.2 Å². The summed E-state index contributed by atoms with van der Waals surface area (Å²) in [6, 6.07) is 4.62. The van der Waals surface area contributed by atoms with Crippen LogP contribution in [0.5, 0.6) is 0 Å². The Kier molecular flexibility index (Phi) is 7.83. The second kappa shape index (κ2) is 8.84. The van der Waals surface area contributed by atoms with E-state index in [1.54, 1.807) is 23.9 Å². The fraction of sp³-hybridized carbons (Fsp3) is 0.500. The maximum absolute atomic E-state index is 13.4. The minimum absolute atomic E-state index is 0.238. The van der Waals surface area contributed by atoms with Gasteiger partial charge >= 0.3 is 0 Å². The molecule has 0 heterocycles. The van der Waals surface area contributed by atoms with E-state index in [0.29, 0.717) is 35.8 Å². The molecule has 1 aromatic rings. The molecule has 0 saturated carbocycles. The van der Waals surface area contributed by atoms with Gasteiger partial charge in [-0.25, -0.2) is 4.39 Å². The quantitative estimate of drug-likeness (QED) is 0.534. The first-order chi connectivity index (χ1) is 9.40. The highest BCUT2D eigenvalue weighted by Crippen LogP contribution is 2.23. The SMILES string of the molecule is O=S(=O)(O)CCCNCCSCc1c(F)cccc1Cl. The summed E-state index contributed by atoms with van der Waals surface area (Å²) in [4.78, 5) is 0. The number of rotatable bonds is 9. The predicted octanol–water partition coefficient (Wildman–Crippen LogP) is 2.58.